The van der Waals surface area contributed by atoms with Crippen LogP contribution in [0.25, 0.3) is 22.8 Å². The Labute approximate surface area is 196 Å². The van der Waals surface area contributed by atoms with Gasteiger partial charge in [-0.1, -0.05) is 18.2 Å². The molecule has 9 heteroatoms. The number of tetrazole rings is 1. The number of hydrogen-bond donors (Lipinski definition) is 1. The van der Waals surface area contributed by atoms with Gasteiger partial charge in [-0.25, -0.2) is 9.37 Å². The molecule has 0 aliphatic heterocycles. The van der Waals surface area contributed by atoms with E-state index < -0.39 is 0 Å². The molecule has 5 rings (SSSR count). The number of nitrogens with zero attached hydrogens (tertiary/aromatic N) is 4. The topological polar surface area (TPSA) is 99.0 Å². The SMILES string of the molecule is Cc1oc(-c2ccc(F)cc2)nc1CO[C@H]1CCC[C@@H](OCc2cccc(-c3nn[nH]n3)c2)C1. The molecular formula is C25H26FN5O3. The maximum atomic E-state index is 13.2. The lowest BCUT2D eigenvalue weighted by atomic mass is 9.95. The summed E-state index contributed by atoms with van der Waals surface area (Å²) in [5, 5.41) is 14.2. The van der Waals surface area contributed by atoms with Crippen LogP contribution in [0.5, 0.6) is 0 Å². The number of benzene rings is 2. The number of nitrogens with one attached hydrogen (secondary N) is 1. The first-order valence-electron chi connectivity index (χ1n) is 11.4. The van der Waals surface area contributed by atoms with E-state index in [9.17, 15) is 4.39 Å². The van der Waals surface area contributed by atoms with Crippen LogP contribution < -0.4 is 0 Å². The second-order valence-corrected chi connectivity index (χ2v) is 8.50. The smallest absolute Gasteiger partial charge is 0.226 e. The molecule has 4 aromatic rings. The van der Waals surface area contributed by atoms with Crippen molar-refractivity contribution in [3.05, 3.63) is 71.4 Å². The van der Waals surface area contributed by atoms with Crippen molar-refractivity contribution in [1.82, 2.24) is 25.6 Å². The lowest BCUT2D eigenvalue weighted by Crippen LogP contribution is -2.28. The van der Waals surface area contributed by atoms with Crippen LogP contribution in [-0.4, -0.2) is 37.8 Å². The van der Waals surface area contributed by atoms with Gasteiger partial charge >= 0.3 is 0 Å². The predicted octanol–water partition coefficient (Wildman–Crippen LogP) is 5.01. The normalized spacial score (nSPS) is 18.3. The summed E-state index contributed by atoms with van der Waals surface area (Å²) >= 11 is 0. The second-order valence-electron chi connectivity index (χ2n) is 8.50. The van der Waals surface area contributed by atoms with E-state index in [1.54, 1.807) is 12.1 Å². The van der Waals surface area contributed by atoms with Crippen molar-refractivity contribution in [2.45, 2.75) is 58.0 Å². The first-order valence-corrected chi connectivity index (χ1v) is 11.4. The molecule has 1 saturated carbocycles. The number of H-pyrrole nitrogens is 1. The van der Waals surface area contributed by atoms with E-state index in [0.717, 1.165) is 48.1 Å². The molecule has 2 heterocycles. The Morgan fingerprint density at radius 2 is 1.82 bits per heavy atom. The number of aromatic amines is 1. The number of hydrogen-bond acceptors (Lipinski definition) is 7. The molecule has 34 heavy (non-hydrogen) atoms. The van der Waals surface area contributed by atoms with Gasteiger partial charge in [0.05, 0.1) is 25.4 Å². The zero-order valence-electron chi connectivity index (χ0n) is 18.9. The van der Waals surface area contributed by atoms with Gasteiger partial charge < -0.3 is 13.9 Å². The Bertz CT molecular complexity index is 1210. The monoisotopic (exact) mass is 463 g/mol. The first kappa shape index (κ1) is 22.4. The second kappa shape index (κ2) is 10.2. The number of rotatable bonds is 8. The van der Waals surface area contributed by atoms with Crippen molar-refractivity contribution in [2.24, 2.45) is 0 Å². The van der Waals surface area contributed by atoms with E-state index in [2.05, 4.69) is 25.6 Å². The fraction of sp³-hybridized carbons (Fsp3) is 0.360. The highest BCUT2D eigenvalue weighted by molar-refractivity contribution is 5.55. The summed E-state index contributed by atoms with van der Waals surface area (Å²) in [4.78, 5) is 4.56. The fourth-order valence-corrected chi connectivity index (χ4v) is 4.18. The number of aromatic nitrogens is 5. The molecule has 2 atom stereocenters. The average molecular weight is 464 g/mol. The Balaban J connectivity index is 1.14. The summed E-state index contributed by atoms with van der Waals surface area (Å²) in [6.07, 6.45) is 4.15. The molecule has 2 aromatic carbocycles. The number of halogens is 1. The van der Waals surface area contributed by atoms with Crippen LogP contribution in [0.2, 0.25) is 0 Å². The van der Waals surface area contributed by atoms with Gasteiger partial charge in [0.2, 0.25) is 11.7 Å². The van der Waals surface area contributed by atoms with Crippen LogP contribution in [-0.2, 0) is 22.7 Å². The van der Waals surface area contributed by atoms with E-state index in [-0.39, 0.29) is 18.0 Å². The Morgan fingerprint density at radius 3 is 2.59 bits per heavy atom. The zero-order chi connectivity index (χ0) is 23.3. The summed E-state index contributed by atoms with van der Waals surface area (Å²) in [6.45, 7) is 2.77. The van der Waals surface area contributed by atoms with Crippen molar-refractivity contribution in [3.63, 3.8) is 0 Å². The van der Waals surface area contributed by atoms with Crippen molar-refractivity contribution >= 4 is 0 Å². The molecule has 8 nitrogen and oxygen atoms in total. The van der Waals surface area contributed by atoms with Crippen molar-refractivity contribution in [1.29, 1.82) is 0 Å². The highest BCUT2D eigenvalue weighted by Gasteiger charge is 2.24. The van der Waals surface area contributed by atoms with Crippen LogP contribution >= 0.6 is 0 Å². The van der Waals surface area contributed by atoms with Gasteiger partial charge in [-0.2, -0.15) is 5.21 Å². The van der Waals surface area contributed by atoms with E-state index in [4.69, 9.17) is 13.9 Å². The number of oxazole rings is 1. The first-order chi connectivity index (χ1) is 16.6. The van der Waals surface area contributed by atoms with Gasteiger partial charge in [0, 0.05) is 11.1 Å². The molecule has 1 N–H and O–H groups in total. The zero-order valence-corrected chi connectivity index (χ0v) is 18.9. The van der Waals surface area contributed by atoms with Gasteiger partial charge in [-0.15, -0.1) is 10.2 Å². The van der Waals surface area contributed by atoms with E-state index >= 15 is 0 Å². The summed E-state index contributed by atoms with van der Waals surface area (Å²) < 4.78 is 31.3. The van der Waals surface area contributed by atoms with Crippen LogP contribution in [0.15, 0.2) is 52.9 Å². The largest absolute Gasteiger partial charge is 0.441 e. The molecule has 0 spiro atoms. The number of aryl methyl sites for hydroxylation is 1. The molecule has 1 aliphatic rings. The van der Waals surface area contributed by atoms with Crippen molar-refractivity contribution in [3.8, 4) is 22.8 Å². The lowest BCUT2D eigenvalue weighted by molar-refractivity contribution is -0.0562. The third-order valence-corrected chi connectivity index (χ3v) is 6.03. The minimum atomic E-state index is -0.288. The molecule has 1 fully saturated rings. The van der Waals surface area contributed by atoms with E-state index in [1.807, 2.05) is 31.2 Å². The predicted molar refractivity (Wildman–Crippen MR) is 122 cm³/mol. The van der Waals surface area contributed by atoms with Crippen LogP contribution in [0, 0.1) is 12.7 Å². The van der Waals surface area contributed by atoms with Gasteiger partial charge in [0.25, 0.3) is 0 Å². The van der Waals surface area contributed by atoms with Crippen LogP contribution in [0.1, 0.15) is 42.7 Å². The molecule has 0 radical (unpaired) electrons. The molecule has 1 aliphatic carbocycles. The molecular weight excluding hydrogens is 437 g/mol. The van der Waals surface area contributed by atoms with Gasteiger partial charge in [-0.05, 0) is 73.7 Å². The Hall–Kier alpha value is -3.43. The van der Waals surface area contributed by atoms with Crippen LogP contribution in [0.4, 0.5) is 4.39 Å². The standard InChI is InChI=1S/C25H26FN5O3/c1-16-23(27-25(34-16)18-8-10-20(26)11-9-18)15-33-22-7-3-6-21(13-22)32-14-17-4-2-5-19(12-17)24-28-30-31-29-24/h2,4-5,8-12,21-22H,3,6-7,13-15H2,1H3,(H,28,29,30,31)/t21-,22+/m1/s1. The molecule has 0 unspecified atom stereocenters. The van der Waals surface area contributed by atoms with Crippen molar-refractivity contribution < 1.29 is 18.3 Å². The lowest BCUT2D eigenvalue weighted by Gasteiger charge is -2.29. The number of ether oxygens (including phenoxy) is 2. The molecule has 0 amide bonds. The summed E-state index contributed by atoms with van der Waals surface area (Å²) in [6, 6.07) is 14.1. The minimum Gasteiger partial charge on any atom is -0.441 e. The summed E-state index contributed by atoms with van der Waals surface area (Å²) in [5.74, 6) is 1.47. The Kier molecular flexibility index (Phi) is 6.73. The average Bonchev–Trinajstić information content (AvgIpc) is 3.53. The highest BCUT2D eigenvalue weighted by Crippen LogP contribution is 2.27. The van der Waals surface area contributed by atoms with E-state index in [1.165, 1.54) is 12.1 Å². The van der Waals surface area contributed by atoms with Crippen molar-refractivity contribution in [2.75, 3.05) is 0 Å². The highest BCUT2D eigenvalue weighted by atomic mass is 19.1. The third-order valence-electron chi connectivity index (χ3n) is 6.03. The molecule has 2 aromatic heterocycles. The molecule has 176 valence electrons. The van der Waals surface area contributed by atoms with Gasteiger partial charge in [0.1, 0.15) is 17.3 Å². The summed E-state index contributed by atoms with van der Waals surface area (Å²) in [7, 11) is 0. The van der Waals surface area contributed by atoms with Crippen LogP contribution in [0.3, 0.4) is 0 Å². The maximum absolute atomic E-state index is 13.2. The van der Waals surface area contributed by atoms with Gasteiger partial charge in [-0.3, -0.25) is 0 Å². The maximum Gasteiger partial charge on any atom is 0.226 e. The third kappa shape index (κ3) is 5.37. The fourth-order valence-electron chi connectivity index (χ4n) is 4.18. The van der Waals surface area contributed by atoms with Gasteiger partial charge in [0.15, 0.2) is 0 Å². The molecule has 0 saturated heterocycles. The minimum absolute atomic E-state index is 0.106. The summed E-state index contributed by atoms with van der Waals surface area (Å²) in [5.41, 5.74) is 3.48. The molecule has 0 bridgehead atoms. The van der Waals surface area contributed by atoms with E-state index in [0.29, 0.717) is 30.7 Å². The Morgan fingerprint density at radius 1 is 1.03 bits per heavy atom. The quantitative estimate of drug-likeness (QED) is 0.392.